The second-order valence-electron chi connectivity index (χ2n) is 5.65. The highest BCUT2D eigenvalue weighted by molar-refractivity contribution is 8.00. The van der Waals surface area contributed by atoms with Gasteiger partial charge in [-0.05, 0) is 49.9 Å². The van der Waals surface area contributed by atoms with Gasteiger partial charge in [-0.25, -0.2) is 0 Å². The molecule has 1 aromatic rings. The molecule has 1 aromatic carbocycles. The summed E-state index contributed by atoms with van der Waals surface area (Å²) in [5.74, 6) is 1.95. The lowest BCUT2D eigenvalue weighted by Gasteiger charge is -2.18. The minimum atomic E-state index is 0.566. The van der Waals surface area contributed by atoms with Gasteiger partial charge in [-0.2, -0.15) is 0 Å². The molecule has 118 valence electrons. The van der Waals surface area contributed by atoms with Crippen LogP contribution in [-0.4, -0.2) is 32.1 Å². The zero-order valence-electron chi connectivity index (χ0n) is 13.6. The van der Waals surface area contributed by atoms with Gasteiger partial charge in [0.1, 0.15) is 11.5 Å². The normalized spacial score (nSPS) is 19.5. The molecular weight excluding hydrogens is 282 g/mol. The Morgan fingerprint density at radius 3 is 2.62 bits per heavy atom. The number of thioether (sulfide) groups is 1. The average molecular weight is 309 g/mol. The van der Waals surface area contributed by atoms with E-state index in [1.807, 2.05) is 11.8 Å². The predicted molar refractivity (Wildman–Crippen MR) is 89.9 cm³/mol. The van der Waals surface area contributed by atoms with Gasteiger partial charge in [-0.1, -0.05) is 13.8 Å². The Hall–Kier alpha value is -0.870. The van der Waals surface area contributed by atoms with E-state index in [0.29, 0.717) is 11.3 Å². The molecule has 0 aromatic heterocycles. The predicted octanol–water partition coefficient (Wildman–Crippen LogP) is 3.89. The smallest absolute Gasteiger partial charge is 0.132 e. The quantitative estimate of drug-likeness (QED) is 0.774. The Kier molecular flexibility index (Phi) is 6.24. The Bertz CT molecular complexity index is 458. The van der Waals surface area contributed by atoms with E-state index < -0.39 is 0 Å². The van der Waals surface area contributed by atoms with E-state index in [0.717, 1.165) is 30.9 Å². The molecule has 1 aliphatic heterocycles. The molecule has 0 saturated carbocycles. The standard InChI is InChI=1S/C17H27NO2S/c1-5-12(2)21-17-11-15(19-3)13(10-16(17)20-4)9-14-7-6-8-18-14/h10-12,14,18H,5-9H2,1-4H3. The molecule has 1 fully saturated rings. The summed E-state index contributed by atoms with van der Waals surface area (Å²) in [6, 6.07) is 4.86. The van der Waals surface area contributed by atoms with Crippen molar-refractivity contribution in [2.45, 2.75) is 55.7 Å². The fourth-order valence-electron chi connectivity index (χ4n) is 2.68. The zero-order valence-corrected chi connectivity index (χ0v) is 14.4. The summed E-state index contributed by atoms with van der Waals surface area (Å²) in [6.45, 7) is 5.58. The molecule has 21 heavy (non-hydrogen) atoms. The van der Waals surface area contributed by atoms with E-state index in [4.69, 9.17) is 9.47 Å². The van der Waals surface area contributed by atoms with E-state index in [1.165, 1.54) is 23.3 Å². The van der Waals surface area contributed by atoms with Gasteiger partial charge in [-0.3, -0.25) is 0 Å². The summed E-state index contributed by atoms with van der Waals surface area (Å²) in [5, 5.41) is 4.12. The number of rotatable bonds is 7. The highest BCUT2D eigenvalue weighted by Gasteiger charge is 2.19. The summed E-state index contributed by atoms with van der Waals surface area (Å²) >= 11 is 1.86. The second-order valence-corrected chi connectivity index (χ2v) is 7.13. The third-order valence-electron chi connectivity index (χ3n) is 4.10. The van der Waals surface area contributed by atoms with Crippen LogP contribution in [0.5, 0.6) is 11.5 Å². The van der Waals surface area contributed by atoms with Crippen LogP contribution >= 0.6 is 11.8 Å². The molecule has 1 aliphatic rings. The van der Waals surface area contributed by atoms with Gasteiger partial charge in [0.05, 0.1) is 19.1 Å². The average Bonchev–Trinajstić information content (AvgIpc) is 3.01. The summed E-state index contributed by atoms with van der Waals surface area (Å²) in [4.78, 5) is 1.17. The van der Waals surface area contributed by atoms with E-state index in [-0.39, 0.29) is 0 Å². The van der Waals surface area contributed by atoms with Crippen LogP contribution < -0.4 is 14.8 Å². The molecule has 0 spiro atoms. The molecule has 1 heterocycles. The fourth-order valence-corrected chi connectivity index (χ4v) is 3.71. The van der Waals surface area contributed by atoms with Crippen molar-refractivity contribution in [3.8, 4) is 11.5 Å². The lowest BCUT2D eigenvalue weighted by Crippen LogP contribution is -2.23. The SMILES string of the molecule is CCC(C)Sc1cc(OC)c(CC2CCCN2)cc1OC. The number of nitrogens with one attached hydrogen (secondary N) is 1. The fraction of sp³-hybridized carbons (Fsp3) is 0.647. The molecular formula is C17H27NO2S. The molecule has 1 saturated heterocycles. The summed E-state index contributed by atoms with van der Waals surface area (Å²) < 4.78 is 11.2. The van der Waals surface area contributed by atoms with Gasteiger partial charge in [0, 0.05) is 11.3 Å². The molecule has 0 amide bonds. The van der Waals surface area contributed by atoms with Crippen LogP contribution in [0.2, 0.25) is 0 Å². The minimum Gasteiger partial charge on any atom is -0.496 e. The maximum Gasteiger partial charge on any atom is 0.132 e. The van der Waals surface area contributed by atoms with Crippen LogP contribution in [0.1, 0.15) is 38.7 Å². The van der Waals surface area contributed by atoms with E-state index in [2.05, 4.69) is 31.3 Å². The third kappa shape index (κ3) is 4.30. The molecule has 2 rings (SSSR count). The first-order valence-electron chi connectivity index (χ1n) is 7.82. The summed E-state index contributed by atoms with van der Waals surface area (Å²) in [7, 11) is 3.51. The van der Waals surface area contributed by atoms with Gasteiger partial charge in [-0.15, -0.1) is 11.8 Å². The highest BCUT2D eigenvalue weighted by atomic mass is 32.2. The Labute approximate surface area is 132 Å². The van der Waals surface area contributed by atoms with Crippen molar-refractivity contribution >= 4 is 11.8 Å². The van der Waals surface area contributed by atoms with Gasteiger partial charge in [0.15, 0.2) is 0 Å². The number of benzene rings is 1. The third-order valence-corrected chi connectivity index (χ3v) is 5.41. The molecule has 1 N–H and O–H groups in total. The Morgan fingerprint density at radius 1 is 1.29 bits per heavy atom. The Morgan fingerprint density at radius 2 is 2.05 bits per heavy atom. The molecule has 2 atom stereocenters. The lowest BCUT2D eigenvalue weighted by molar-refractivity contribution is 0.388. The molecule has 0 bridgehead atoms. The lowest BCUT2D eigenvalue weighted by atomic mass is 10.0. The van der Waals surface area contributed by atoms with E-state index in [9.17, 15) is 0 Å². The number of hydrogen-bond donors (Lipinski definition) is 1. The largest absolute Gasteiger partial charge is 0.496 e. The van der Waals surface area contributed by atoms with Crippen molar-refractivity contribution in [2.24, 2.45) is 0 Å². The zero-order chi connectivity index (χ0) is 15.2. The number of methoxy groups -OCH3 is 2. The summed E-state index contributed by atoms with van der Waals surface area (Å²) in [6.07, 6.45) is 4.67. The molecule has 3 nitrogen and oxygen atoms in total. The minimum absolute atomic E-state index is 0.566. The topological polar surface area (TPSA) is 30.5 Å². The maximum absolute atomic E-state index is 5.61. The molecule has 4 heteroatoms. The first-order chi connectivity index (χ1) is 10.2. The van der Waals surface area contributed by atoms with Crippen LogP contribution in [0.3, 0.4) is 0 Å². The van der Waals surface area contributed by atoms with E-state index >= 15 is 0 Å². The van der Waals surface area contributed by atoms with Crippen molar-refractivity contribution in [1.29, 1.82) is 0 Å². The van der Waals surface area contributed by atoms with Crippen LogP contribution in [0.4, 0.5) is 0 Å². The van der Waals surface area contributed by atoms with Crippen LogP contribution in [-0.2, 0) is 6.42 Å². The maximum atomic E-state index is 5.61. The van der Waals surface area contributed by atoms with Gasteiger partial charge >= 0.3 is 0 Å². The van der Waals surface area contributed by atoms with Crippen molar-refractivity contribution < 1.29 is 9.47 Å². The van der Waals surface area contributed by atoms with Crippen LogP contribution in [0.25, 0.3) is 0 Å². The second kappa shape index (κ2) is 7.95. The van der Waals surface area contributed by atoms with Crippen molar-refractivity contribution in [3.05, 3.63) is 17.7 Å². The van der Waals surface area contributed by atoms with Crippen LogP contribution in [0.15, 0.2) is 17.0 Å². The molecule has 0 aliphatic carbocycles. The van der Waals surface area contributed by atoms with E-state index in [1.54, 1.807) is 14.2 Å². The van der Waals surface area contributed by atoms with Crippen LogP contribution in [0, 0.1) is 0 Å². The monoisotopic (exact) mass is 309 g/mol. The highest BCUT2D eigenvalue weighted by Crippen LogP contribution is 2.38. The first-order valence-corrected chi connectivity index (χ1v) is 8.70. The molecule has 0 radical (unpaired) electrons. The van der Waals surface area contributed by atoms with Gasteiger partial charge in [0.25, 0.3) is 0 Å². The summed E-state index contributed by atoms with van der Waals surface area (Å²) in [5.41, 5.74) is 1.24. The van der Waals surface area contributed by atoms with Gasteiger partial charge < -0.3 is 14.8 Å². The van der Waals surface area contributed by atoms with Crippen molar-refractivity contribution in [3.63, 3.8) is 0 Å². The number of hydrogen-bond acceptors (Lipinski definition) is 4. The first kappa shape index (κ1) is 16.5. The Balaban J connectivity index is 2.23. The van der Waals surface area contributed by atoms with Gasteiger partial charge in [0.2, 0.25) is 0 Å². The number of ether oxygens (including phenoxy) is 2. The van der Waals surface area contributed by atoms with Crippen molar-refractivity contribution in [2.75, 3.05) is 20.8 Å². The molecule has 2 unspecified atom stereocenters. The van der Waals surface area contributed by atoms with Crippen molar-refractivity contribution in [1.82, 2.24) is 5.32 Å².